The van der Waals surface area contributed by atoms with E-state index in [0.29, 0.717) is 25.7 Å². The van der Waals surface area contributed by atoms with Gasteiger partial charge in [-0.1, -0.05) is 32.0 Å². The summed E-state index contributed by atoms with van der Waals surface area (Å²) in [4.78, 5) is 12.0. The molecule has 6 heteroatoms. The molecule has 124 valence electrons. The van der Waals surface area contributed by atoms with E-state index in [4.69, 9.17) is 0 Å². The first-order valence-corrected chi connectivity index (χ1v) is 8.01. The van der Waals surface area contributed by atoms with Crippen LogP contribution in [-0.2, 0) is 11.2 Å². The minimum absolute atomic E-state index is 0.0899. The molecule has 2 N–H and O–H groups in total. The molecule has 0 aliphatic heterocycles. The molecule has 0 aliphatic rings. The number of nitrogens with one attached hydrogen (secondary N) is 1. The van der Waals surface area contributed by atoms with E-state index in [0.717, 1.165) is 11.5 Å². The van der Waals surface area contributed by atoms with Crippen LogP contribution in [0.2, 0.25) is 0 Å². The van der Waals surface area contributed by atoms with Crippen LogP contribution in [0.4, 0.5) is 0 Å². The summed E-state index contributed by atoms with van der Waals surface area (Å²) in [7, 11) is 0. The number of aromatic nitrogens is 3. The highest BCUT2D eigenvalue weighted by atomic mass is 16.3. The fourth-order valence-corrected chi connectivity index (χ4v) is 2.31. The van der Waals surface area contributed by atoms with Crippen LogP contribution < -0.4 is 5.32 Å². The summed E-state index contributed by atoms with van der Waals surface area (Å²) in [6.07, 6.45) is 3.69. The SMILES string of the molecule is CCC(O)(CC)CNC(=O)CCc1nncn1-c1ccccc1. The number of carbonyl (C=O) groups excluding carboxylic acids is 1. The highest BCUT2D eigenvalue weighted by molar-refractivity contribution is 5.76. The van der Waals surface area contributed by atoms with Crippen LogP contribution in [0.25, 0.3) is 5.69 Å². The molecule has 0 fully saturated rings. The van der Waals surface area contributed by atoms with Gasteiger partial charge < -0.3 is 10.4 Å². The summed E-state index contributed by atoms with van der Waals surface area (Å²) < 4.78 is 1.88. The third-order valence-electron chi connectivity index (χ3n) is 4.16. The lowest BCUT2D eigenvalue weighted by atomic mass is 9.97. The highest BCUT2D eigenvalue weighted by Gasteiger charge is 2.22. The van der Waals surface area contributed by atoms with E-state index in [9.17, 15) is 9.90 Å². The number of para-hydroxylation sites is 1. The Morgan fingerprint density at radius 1 is 1.26 bits per heavy atom. The van der Waals surface area contributed by atoms with Gasteiger partial charge in [-0.15, -0.1) is 10.2 Å². The molecule has 1 aromatic carbocycles. The molecule has 1 heterocycles. The van der Waals surface area contributed by atoms with Crippen LogP contribution in [0.15, 0.2) is 36.7 Å². The standard InChI is InChI=1S/C17H24N4O2/c1-3-17(23,4-2)12-18-16(22)11-10-15-20-19-13-21(15)14-8-6-5-7-9-14/h5-9,13,23H,3-4,10-12H2,1-2H3,(H,18,22). The van der Waals surface area contributed by atoms with Gasteiger partial charge in [-0.3, -0.25) is 9.36 Å². The van der Waals surface area contributed by atoms with Crippen molar-refractivity contribution in [3.63, 3.8) is 0 Å². The fraction of sp³-hybridized carbons (Fsp3) is 0.471. The Bertz CT molecular complexity index is 621. The lowest BCUT2D eigenvalue weighted by Gasteiger charge is -2.25. The van der Waals surface area contributed by atoms with Gasteiger partial charge in [0.1, 0.15) is 12.2 Å². The molecule has 0 spiro atoms. The van der Waals surface area contributed by atoms with Crippen molar-refractivity contribution in [1.82, 2.24) is 20.1 Å². The van der Waals surface area contributed by atoms with Crippen molar-refractivity contribution in [3.05, 3.63) is 42.5 Å². The van der Waals surface area contributed by atoms with Crippen molar-refractivity contribution in [3.8, 4) is 5.69 Å². The molecule has 0 aliphatic carbocycles. The number of carbonyl (C=O) groups is 1. The number of hydrogen-bond donors (Lipinski definition) is 2. The van der Waals surface area contributed by atoms with Gasteiger partial charge in [0.15, 0.2) is 0 Å². The minimum Gasteiger partial charge on any atom is -0.388 e. The Kier molecular flexibility index (Phi) is 5.87. The Balaban J connectivity index is 1.90. The summed E-state index contributed by atoms with van der Waals surface area (Å²) >= 11 is 0. The van der Waals surface area contributed by atoms with Gasteiger partial charge in [0.25, 0.3) is 0 Å². The third kappa shape index (κ3) is 4.63. The first kappa shape index (κ1) is 17.1. The molecule has 0 bridgehead atoms. The fourth-order valence-electron chi connectivity index (χ4n) is 2.31. The lowest BCUT2D eigenvalue weighted by molar-refractivity contribution is -0.122. The number of amides is 1. The van der Waals surface area contributed by atoms with E-state index in [1.54, 1.807) is 6.33 Å². The van der Waals surface area contributed by atoms with Gasteiger partial charge in [-0.05, 0) is 25.0 Å². The second-order valence-electron chi connectivity index (χ2n) is 5.66. The monoisotopic (exact) mass is 316 g/mol. The van der Waals surface area contributed by atoms with E-state index >= 15 is 0 Å². The van der Waals surface area contributed by atoms with Crippen molar-refractivity contribution in [1.29, 1.82) is 0 Å². The molecule has 2 rings (SSSR count). The largest absolute Gasteiger partial charge is 0.388 e. The van der Waals surface area contributed by atoms with E-state index in [2.05, 4.69) is 15.5 Å². The van der Waals surface area contributed by atoms with Crippen LogP contribution in [0.1, 0.15) is 38.9 Å². The minimum atomic E-state index is -0.820. The van der Waals surface area contributed by atoms with Crippen LogP contribution in [0.3, 0.4) is 0 Å². The van der Waals surface area contributed by atoms with Gasteiger partial charge in [0.05, 0.1) is 5.60 Å². The van der Waals surface area contributed by atoms with E-state index in [1.165, 1.54) is 0 Å². The maximum atomic E-state index is 12.0. The van der Waals surface area contributed by atoms with E-state index < -0.39 is 5.60 Å². The maximum Gasteiger partial charge on any atom is 0.220 e. The number of aliphatic hydroxyl groups is 1. The molecule has 1 aromatic heterocycles. The zero-order chi connectivity index (χ0) is 16.7. The average molecular weight is 316 g/mol. The van der Waals surface area contributed by atoms with Gasteiger partial charge in [0.2, 0.25) is 5.91 Å². The number of nitrogens with zero attached hydrogens (tertiary/aromatic N) is 3. The summed E-state index contributed by atoms with van der Waals surface area (Å²) in [5.74, 6) is 0.653. The maximum absolute atomic E-state index is 12.0. The van der Waals surface area contributed by atoms with Crippen LogP contribution >= 0.6 is 0 Å². The van der Waals surface area contributed by atoms with E-state index in [1.807, 2.05) is 48.7 Å². The van der Waals surface area contributed by atoms with Crippen LogP contribution in [-0.4, -0.2) is 37.9 Å². The van der Waals surface area contributed by atoms with Crippen molar-refractivity contribution in [2.45, 2.75) is 45.1 Å². The molecule has 0 saturated heterocycles. The third-order valence-corrected chi connectivity index (χ3v) is 4.16. The zero-order valence-electron chi connectivity index (χ0n) is 13.7. The Morgan fingerprint density at radius 3 is 2.61 bits per heavy atom. The smallest absolute Gasteiger partial charge is 0.220 e. The first-order valence-electron chi connectivity index (χ1n) is 8.01. The molecule has 2 aromatic rings. The van der Waals surface area contributed by atoms with Crippen molar-refractivity contribution in [2.24, 2.45) is 0 Å². The Morgan fingerprint density at radius 2 is 1.96 bits per heavy atom. The zero-order valence-corrected chi connectivity index (χ0v) is 13.7. The molecule has 0 unspecified atom stereocenters. The second-order valence-corrected chi connectivity index (χ2v) is 5.66. The molecule has 0 saturated carbocycles. The molecule has 1 amide bonds. The van der Waals surface area contributed by atoms with Gasteiger partial charge in [-0.2, -0.15) is 0 Å². The first-order chi connectivity index (χ1) is 11.1. The molecular weight excluding hydrogens is 292 g/mol. The highest BCUT2D eigenvalue weighted by Crippen LogP contribution is 2.13. The lowest BCUT2D eigenvalue weighted by Crippen LogP contribution is -2.42. The summed E-state index contributed by atoms with van der Waals surface area (Å²) in [6.45, 7) is 4.11. The average Bonchev–Trinajstić information content (AvgIpc) is 3.07. The van der Waals surface area contributed by atoms with Crippen molar-refractivity contribution < 1.29 is 9.90 Å². The molecule has 0 atom stereocenters. The molecule has 0 radical (unpaired) electrons. The number of aryl methyl sites for hydroxylation is 1. The Hall–Kier alpha value is -2.21. The topological polar surface area (TPSA) is 80.0 Å². The van der Waals surface area contributed by atoms with Gasteiger partial charge >= 0.3 is 0 Å². The van der Waals surface area contributed by atoms with Gasteiger partial charge in [-0.25, -0.2) is 0 Å². The quantitative estimate of drug-likeness (QED) is 0.779. The van der Waals surface area contributed by atoms with Crippen molar-refractivity contribution >= 4 is 5.91 Å². The number of hydrogen-bond acceptors (Lipinski definition) is 4. The summed E-state index contributed by atoms with van der Waals surface area (Å²) in [5.41, 5.74) is 0.152. The van der Waals surface area contributed by atoms with Crippen LogP contribution in [0, 0.1) is 0 Å². The molecule has 6 nitrogen and oxygen atoms in total. The van der Waals surface area contributed by atoms with Crippen LogP contribution in [0.5, 0.6) is 0 Å². The van der Waals surface area contributed by atoms with Gasteiger partial charge in [0, 0.05) is 25.1 Å². The molecule has 23 heavy (non-hydrogen) atoms. The molecular formula is C17H24N4O2. The number of rotatable bonds is 8. The predicted molar refractivity (Wildman–Crippen MR) is 88.2 cm³/mol. The second kappa shape index (κ2) is 7.87. The summed E-state index contributed by atoms with van der Waals surface area (Å²) in [6, 6.07) is 9.78. The Labute approximate surface area is 136 Å². The number of benzene rings is 1. The normalized spacial score (nSPS) is 11.4. The predicted octanol–water partition coefficient (Wildman–Crippen LogP) is 1.87. The van der Waals surface area contributed by atoms with Crippen molar-refractivity contribution in [2.75, 3.05) is 6.54 Å². The van der Waals surface area contributed by atoms with E-state index in [-0.39, 0.29) is 12.5 Å². The summed E-state index contributed by atoms with van der Waals surface area (Å²) in [5, 5.41) is 21.0.